The molecule has 0 aromatic carbocycles. The van der Waals surface area contributed by atoms with Gasteiger partial charge in [0, 0.05) is 18.9 Å². The van der Waals surface area contributed by atoms with Gasteiger partial charge in [0.25, 0.3) is 0 Å². The van der Waals surface area contributed by atoms with Crippen molar-refractivity contribution >= 4 is 18.4 Å². The van der Waals surface area contributed by atoms with Crippen molar-refractivity contribution in [2.75, 3.05) is 7.11 Å². The van der Waals surface area contributed by atoms with E-state index < -0.39 is 12.0 Å². The SMILES string of the molecule is COC(=O)C(N)Cn1ccnc1.Cl. The highest BCUT2D eigenvalue weighted by molar-refractivity contribution is 5.85. The van der Waals surface area contributed by atoms with E-state index in [-0.39, 0.29) is 12.4 Å². The zero-order valence-corrected chi connectivity index (χ0v) is 8.03. The number of esters is 1. The van der Waals surface area contributed by atoms with Crippen LogP contribution in [-0.4, -0.2) is 28.7 Å². The van der Waals surface area contributed by atoms with Crippen molar-refractivity contribution in [3.05, 3.63) is 18.7 Å². The van der Waals surface area contributed by atoms with Crippen molar-refractivity contribution < 1.29 is 9.53 Å². The number of nitrogens with two attached hydrogens (primary N) is 1. The number of nitrogens with zero attached hydrogens (tertiary/aromatic N) is 2. The van der Waals surface area contributed by atoms with Crippen LogP contribution in [0.5, 0.6) is 0 Å². The summed E-state index contributed by atoms with van der Waals surface area (Å²) in [4.78, 5) is 14.7. The molecule has 0 saturated heterocycles. The van der Waals surface area contributed by atoms with Gasteiger partial charge in [-0.25, -0.2) is 4.98 Å². The average molecular weight is 206 g/mol. The van der Waals surface area contributed by atoms with Crippen LogP contribution in [0.3, 0.4) is 0 Å². The lowest BCUT2D eigenvalue weighted by atomic mass is 10.3. The van der Waals surface area contributed by atoms with Gasteiger partial charge in [-0.15, -0.1) is 12.4 Å². The first-order chi connectivity index (χ1) is 5.74. The Kier molecular flexibility index (Phi) is 5.10. The molecule has 0 aliphatic rings. The van der Waals surface area contributed by atoms with E-state index in [4.69, 9.17) is 5.73 Å². The predicted octanol–water partition coefficient (Wildman–Crippen LogP) is -0.195. The van der Waals surface area contributed by atoms with E-state index in [1.807, 2.05) is 0 Å². The van der Waals surface area contributed by atoms with Crippen LogP contribution in [0, 0.1) is 0 Å². The van der Waals surface area contributed by atoms with Gasteiger partial charge in [0.05, 0.1) is 13.4 Å². The van der Waals surface area contributed by atoms with E-state index >= 15 is 0 Å². The van der Waals surface area contributed by atoms with Gasteiger partial charge in [0.1, 0.15) is 6.04 Å². The summed E-state index contributed by atoms with van der Waals surface area (Å²) in [5.74, 6) is -0.413. The molecule has 5 nitrogen and oxygen atoms in total. The number of carbonyl (C=O) groups excluding carboxylic acids is 1. The Morgan fingerprint density at radius 2 is 2.46 bits per heavy atom. The second-order valence-corrected chi connectivity index (χ2v) is 2.39. The number of ether oxygens (including phenoxy) is 1. The molecule has 1 unspecified atom stereocenters. The van der Waals surface area contributed by atoms with E-state index in [1.54, 1.807) is 23.3 Å². The third kappa shape index (κ3) is 3.43. The molecule has 0 radical (unpaired) electrons. The summed E-state index contributed by atoms with van der Waals surface area (Å²) in [5.41, 5.74) is 5.50. The zero-order valence-electron chi connectivity index (χ0n) is 7.21. The second kappa shape index (κ2) is 5.55. The zero-order chi connectivity index (χ0) is 8.97. The molecule has 0 fully saturated rings. The van der Waals surface area contributed by atoms with Gasteiger partial charge in [-0.2, -0.15) is 0 Å². The molecule has 74 valence electrons. The van der Waals surface area contributed by atoms with Crippen molar-refractivity contribution in [1.82, 2.24) is 9.55 Å². The van der Waals surface area contributed by atoms with Gasteiger partial charge in [-0.3, -0.25) is 4.79 Å². The molecule has 2 N–H and O–H groups in total. The molecule has 0 amide bonds. The van der Waals surface area contributed by atoms with Gasteiger partial charge in [0.15, 0.2) is 0 Å². The number of aromatic nitrogens is 2. The number of imidazole rings is 1. The van der Waals surface area contributed by atoms with Crippen molar-refractivity contribution in [3.63, 3.8) is 0 Å². The molecule has 1 rings (SSSR count). The Hall–Kier alpha value is -1.07. The molecule has 1 heterocycles. The average Bonchev–Trinajstić information content (AvgIpc) is 2.55. The molecule has 0 spiro atoms. The Labute approximate surface area is 82.3 Å². The molecule has 1 aromatic heterocycles. The van der Waals surface area contributed by atoms with Crippen LogP contribution in [0.25, 0.3) is 0 Å². The second-order valence-electron chi connectivity index (χ2n) is 2.39. The van der Waals surface area contributed by atoms with E-state index in [1.165, 1.54) is 7.11 Å². The minimum Gasteiger partial charge on any atom is -0.468 e. The molecule has 0 aliphatic heterocycles. The highest BCUT2D eigenvalue weighted by Gasteiger charge is 2.13. The van der Waals surface area contributed by atoms with Crippen molar-refractivity contribution in [2.24, 2.45) is 5.73 Å². The number of rotatable bonds is 3. The summed E-state index contributed by atoms with van der Waals surface area (Å²) in [6, 6.07) is -0.621. The monoisotopic (exact) mass is 205 g/mol. The smallest absolute Gasteiger partial charge is 0.324 e. The van der Waals surface area contributed by atoms with Gasteiger partial charge in [-0.05, 0) is 0 Å². The van der Waals surface area contributed by atoms with Crippen LogP contribution in [-0.2, 0) is 16.1 Å². The number of methoxy groups -OCH3 is 1. The molecule has 1 aromatic rings. The van der Waals surface area contributed by atoms with Crippen LogP contribution in [0.2, 0.25) is 0 Å². The Morgan fingerprint density at radius 3 is 2.92 bits per heavy atom. The fourth-order valence-corrected chi connectivity index (χ4v) is 0.848. The van der Waals surface area contributed by atoms with E-state index in [0.29, 0.717) is 6.54 Å². The quantitative estimate of drug-likeness (QED) is 0.695. The Bertz CT molecular complexity index is 250. The maximum absolute atomic E-state index is 10.9. The van der Waals surface area contributed by atoms with Crippen molar-refractivity contribution in [1.29, 1.82) is 0 Å². The third-order valence-corrected chi connectivity index (χ3v) is 1.47. The van der Waals surface area contributed by atoms with Gasteiger partial charge in [-0.1, -0.05) is 0 Å². The highest BCUT2D eigenvalue weighted by Crippen LogP contribution is 1.91. The minimum absolute atomic E-state index is 0. The van der Waals surface area contributed by atoms with Gasteiger partial charge < -0.3 is 15.0 Å². The largest absolute Gasteiger partial charge is 0.468 e. The standard InChI is InChI=1S/C7H11N3O2.ClH/c1-12-7(11)6(8)4-10-3-2-9-5-10;/h2-3,5-6H,4,8H2,1H3;1H. The molecule has 0 aliphatic carbocycles. The van der Waals surface area contributed by atoms with Crippen LogP contribution < -0.4 is 5.73 Å². The van der Waals surface area contributed by atoms with Crippen LogP contribution in [0.15, 0.2) is 18.7 Å². The highest BCUT2D eigenvalue weighted by atomic mass is 35.5. The molecule has 13 heavy (non-hydrogen) atoms. The normalized spacial score (nSPS) is 11.5. The fourth-order valence-electron chi connectivity index (χ4n) is 0.848. The van der Waals surface area contributed by atoms with E-state index in [2.05, 4.69) is 9.72 Å². The summed E-state index contributed by atoms with van der Waals surface area (Å²) in [7, 11) is 1.32. The number of hydrogen-bond donors (Lipinski definition) is 1. The molecule has 0 saturated carbocycles. The molecule has 1 atom stereocenters. The molecular weight excluding hydrogens is 194 g/mol. The number of carbonyl (C=O) groups is 1. The van der Waals surface area contributed by atoms with E-state index in [0.717, 1.165) is 0 Å². The summed E-state index contributed by atoms with van der Waals surface area (Å²) in [5, 5.41) is 0. The lowest BCUT2D eigenvalue weighted by molar-refractivity contribution is -0.142. The minimum atomic E-state index is -0.621. The maximum atomic E-state index is 10.9. The molecule has 0 bridgehead atoms. The first-order valence-corrected chi connectivity index (χ1v) is 3.53. The fraction of sp³-hybridized carbons (Fsp3) is 0.429. The Morgan fingerprint density at radius 1 is 1.77 bits per heavy atom. The van der Waals surface area contributed by atoms with Crippen LogP contribution in [0.1, 0.15) is 0 Å². The summed E-state index contributed by atoms with van der Waals surface area (Å²) < 4.78 is 6.19. The van der Waals surface area contributed by atoms with Gasteiger partial charge >= 0.3 is 5.97 Å². The lowest BCUT2D eigenvalue weighted by Gasteiger charge is -2.08. The molecule has 6 heteroatoms. The maximum Gasteiger partial charge on any atom is 0.324 e. The summed E-state index contributed by atoms with van der Waals surface area (Å²) >= 11 is 0. The van der Waals surface area contributed by atoms with Crippen molar-refractivity contribution in [2.45, 2.75) is 12.6 Å². The Balaban J connectivity index is 0.00000144. The molecular formula is C7H12ClN3O2. The lowest BCUT2D eigenvalue weighted by Crippen LogP contribution is -2.35. The number of halogens is 1. The van der Waals surface area contributed by atoms with Crippen molar-refractivity contribution in [3.8, 4) is 0 Å². The first kappa shape index (κ1) is 11.9. The third-order valence-electron chi connectivity index (χ3n) is 1.47. The van der Waals surface area contributed by atoms with Crippen LogP contribution >= 0.6 is 12.4 Å². The first-order valence-electron chi connectivity index (χ1n) is 3.53. The van der Waals surface area contributed by atoms with Crippen LogP contribution in [0.4, 0.5) is 0 Å². The summed E-state index contributed by atoms with van der Waals surface area (Å²) in [6.07, 6.45) is 4.97. The van der Waals surface area contributed by atoms with Gasteiger partial charge in [0.2, 0.25) is 0 Å². The van der Waals surface area contributed by atoms with E-state index in [9.17, 15) is 4.79 Å². The topological polar surface area (TPSA) is 70.1 Å². The number of hydrogen-bond acceptors (Lipinski definition) is 4. The summed E-state index contributed by atoms with van der Waals surface area (Å²) in [6.45, 7) is 0.396. The predicted molar refractivity (Wildman–Crippen MR) is 49.5 cm³/mol.